The summed E-state index contributed by atoms with van der Waals surface area (Å²) in [6, 6.07) is 11.1. The van der Waals surface area contributed by atoms with Crippen molar-refractivity contribution in [1.82, 2.24) is 15.0 Å². The number of H-pyrrole nitrogens is 2. The summed E-state index contributed by atoms with van der Waals surface area (Å²) in [6.07, 6.45) is 0.881. The molecule has 0 bridgehead atoms. The first-order valence-electron chi connectivity index (χ1n) is 12.2. The predicted molar refractivity (Wildman–Crippen MR) is 146 cm³/mol. The predicted octanol–water partition coefficient (Wildman–Crippen LogP) is 4.26. The topological polar surface area (TPSA) is 116 Å². The van der Waals surface area contributed by atoms with Gasteiger partial charge in [-0.3, -0.25) is 4.79 Å². The molecule has 4 aromatic rings. The maximum atomic E-state index is 12.9. The highest BCUT2D eigenvalue weighted by molar-refractivity contribution is 6.32. The Kier molecular flexibility index (Phi) is 7.10. The zero-order chi connectivity index (χ0) is 26.1. The lowest BCUT2D eigenvalue weighted by molar-refractivity contribution is 0.0532. The first-order valence-corrected chi connectivity index (χ1v) is 12.6. The van der Waals surface area contributed by atoms with Crippen LogP contribution in [0.5, 0.6) is 5.75 Å². The molecule has 10 heteroatoms. The minimum atomic E-state index is -0.855. The van der Waals surface area contributed by atoms with E-state index in [0.29, 0.717) is 40.0 Å². The molecule has 0 spiro atoms. The number of hydrogen-bond acceptors (Lipinski definition) is 7. The lowest BCUT2D eigenvalue weighted by Crippen LogP contribution is -2.41. The van der Waals surface area contributed by atoms with Gasteiger partial charge in [-0.05, 0) is 55.3 Å². The Morgan fingerprint density at radius 2 is 2.16 bits per heavy atom. The molecule has 0 saturated carbocycles. The Balaban J connectivity index is 1.43. The molecule has 9 nitrogen and oxygen atoms in total. The van der Waals surface area contributed by atoms with Gasteiger partial charge < -0.3 is 34.8 Å². The molecular weight excluding hydrogens is 494 g/mol. The SMILES string of the molecule is COc1ccc([C@@H](O)CNc2cc[nH]c(=O)c2-c2nc3c(C)cc(N4CCO[C@H](C)C4)cc3[nH]2)cc1Cl. The van der Waals surface area contributed by atoms with Crippen LogP contribution in [0.15, 0.2) is 47.4 Å². The van der Waals surface area contributed by atoms with E-state index in [4.69, 9.17) is 26.1 Å². The highest BCUT2D eigenvalue weighted by Gasteiger charge is 2.20. The fourth-order valence-corrected chi connectivity index (χ4v) is 4.97. The lowest BCUT2D eigenvalue weighted by atomic mass is 10.1. The number of hydrogen-bond donors (Lipinski definition) is 4. The van der Waals surface area contributed by atoms with E-state index in [2.05, 4.69) is 39.2 Å². The van der Waals surface area contributed by atoms with Crippen LogP contribution in [0.4, 0.5) is 11.4 Å². The lowest BCUT2D eigenvalue weighted by Gasteiger charge is -2.33. The van der Waals surface area contributed by atoms with Crippen LogP contribution in [-0.2, 0) is 4.74 Å². The number of halogens is 1. The fraction of sp³-hybridized carbons (Fsp3) is 0.333. The Bertz CT molecular complexity index is 1480. The number of rotatable bonds is 7. The average Bonchev–Trinajstić information content (AvgIpc) is 3.31. The number of imidazole rings is 1. The Morgan fingerprint density at radius 1 is 1.32 bits per heavy atom. The van der Waals surface area contributed by atoms with Crippen molar-refractivity contribution >= 4 is 34.0 Å². The van der Waals surface area contributed by atoms with Crippen molar-refractivity contribution < 1.29 is 14.6 Å². The zero-order valence-corrected chi connectivity index (χ0v) is 21.7. The molecule has 0 amide bonds. The standard InChI is InChI=1S/C27H30ClN5O4/c1-15-10-18(33-8-9-37-16(2)14-33)12-21-25(15)32-26(31-21)24-20(6-7-29-27(24)35)30-13-22(34)17-4-5-23(36-3)19(28)11-17/h4-7,10-12,16,22,34H,8-9,13-14H2,1-3H3,(H,31,32)(H2,29,30,35)/t16-,22+/m1/s1. The van der Waals surface area contributed by atoms with Crippen LogP contribution in [0.2, 0.25) is 5.02 Å². The summed E-state index contributed by atoms with van der Waals surface area (Å²) in [5, 5.41) is 14.4. The number of anilines is 2. The molecule has 1 saturated heterocycles. The molecule has 5 rings (SSSR count). The number of morpholine rings is 1. The molecule has 37 heavy (non-hydrogen) atoms. The summed E-state index contributed by atoms with van der Waals surface area (Å²) in [5.74, 6) is 0.992. The van der Waals surface area contributed by atoms with Crippen LogP contribution in [0, 0.1) is 6.92 Å². The second kappa shape index (κ2) is 10.5. The number of nitrogens with one attached hydrogen (secondary N) is 3. The summed E-state index contributed by atoms with van der Waals surface area (Å²) >= 11 is 6.21. The maximum absolute atomic E-state index is 12.9. The van der Waals surface area contributed by atoms with Crippen LogP contribution in [0.1, 0.15) is 24.2 Å². The van der Waals surface area contributed by atoms with Gasteiger partial charge in [-0.2, -0.15) is 0 Å². The van der Waals surface area contributed by atoms with Crippen molar-refractivity contribution in [1.29, 1.82) is 0 Å². The second-order valence-corrected chi connectivity index (χ2v) is 9.67. The maximum Gasteiger partial charge on any atom is 0.261 e. The smallest absolute Gasteiger partial charge is 0.261 e. The number of aromatic nitrogens is 3. The van der Waals surface area contributed by atoms with Crippen molar-refractivity contribution in [3.63, 3.8) is 0 Å². The van der Waals surface area contributed by atoms with Crippen LogP contribution < -0.4 is 20.5 Å². The summed E-state index contributed by atoms with van der Waals surface area (Å²) in [6.45, 7) is 6.59. The number of aliphatic hydroxyl groups is 1. The molecule has 1 aliphatic heterocycles. The van der Waals surface area contributed by atoms with E-state index < -0.39 is 6.10 Å². The third kappa shape index (κ3) is 5.16. The van der Waals surface area contributed by atoms with E-state index in [1.807, 2.05) is 6.92 Å². The molecule has 2 aromatic heterocycles. The molecule has 0 radical (unpaired) electrons. The molecule has 0 unspecified atom stereocenters. The summed E-state index contributed by atoms with van der Waals surface area (Å²) in [7, 11) is 1.54. The van der Waals surface area contributed by atoms with Crippen molar-refractivity contribution in [2.45, 2.75) is 26.1 Å². The first-order chi connectivity index (χ1) is 17.8. The van der Waals surface area contributed by atoms with Crippen molar-refractivity contribution in [3.8, 4) is 17.1 Å². The normalized spacial score (nSPS) is 16.7. The van der Waals surface area contributed by atoms with Crippen molar-refractivity contribution in [3.05, 3.63) is 69.1 Å². The number of ether oxygens (including phenoxy) is 2. The van der Waals surface area contributed by atoms with Gasteiger partial charge in [-0.15, -0.1) is 0 Å². The van der Waals surface area contributed by atoms with E-state index >= 15 is 0 Å². The molecule has 2 aromatic carbocycles. The van der Waals surface area contributed by atoms with Gasteiger partial charge in [-0.1, -0.05) is 17.7 Å². The summed E-state index contributed by atoms with van der Waals surface area (Å²) in [4.78, 5) is 26.1. The Labute approximate surface area is 219 Å². The largest absolute Gasteiger partial charge is 0.495 e. The van der Waals surface area contributed by atoms with Gasteiger partial charge in [0, 0.05) is 31.5 Å². The van der Waals surface area contributed by atoms with Gasteiger partial charge in [0.15, 0.2) is 0 Å². The highest BCUT2D eigenvalue weighted by Crippen LogP contribution is 2.31. The number of pyridine rings is 1. The Hall–Kier alpha value is -3.53. The van der Waals surface area contributed by atoms with Gasteiger partial charge in [0.25, 0.3) is 5.56 Å². The number of aryl methyl sites for hydroxylation is 1. The van der Waals surface area contributed by atoms with E-state index in [0.717, 1.165) is 35.4 Å². The number of aliphatic hydroxyl groups excluding tert-OH is 1. The van der Waals surface area contributed by atoms with Crippen molar-refractivity contribution in [2.24, 2.45) is 0 Å². The van der Waals surface area contributed by atoms with E-state index in [1.54, 1.807) is 30.5 Å². The molecule has 1 aliphatic rings. The fourth-order valence-electron chi connectivity index (χ4n) is 4.70. The highest BCUT2D eigenvalue weighted by atomic mass is 35.5. The second-order valence-electron chi connectivity index (χ2n) is 9.26. The number of aromatic amines is 2. The molecule has 4 N–H and O–H groups in total. The van der Waals surface area contributed by atoms with E-state index in [9.17, 15) is 9.90 Å². The van der Waals surface area contributed by atoms with Gasteiger partial charge in [0.1, 0.15) is 17.1 Å². The minimum Gasteiger partial charge on any atom is -0.495 e. The molecular formula is C27H30ClN5O4. The van der Waals surface area contributed by atoms with Gasteiger partial charge in [-0.25, -0.2) is 4.98 Å². The number of benzene rings is 2. The van der Waals surface area contributed by atoms with Gasteiger partial charge >= 0.3 is 0 Å². The minimum absolute atomic E-state index is 0.164. The average molecular weight is 524 g/mol. The third-order valence-electron chi connectivity index (χ3n) is 6.61. The molecule has 3 heterocycles. The number of methoxy groups -OCH3 is 1. The van der Waals surface area contributed by atoms with Crippen LogP contribution in [0.25, 0.3) is 22.4 Å². The molecule has 194 valence electrons. The van der Waals surface area contributed by atoms with Crippen molar-refractivity contribution in [2.75, 3.05) is 43.6 Å². The molecule has 1 fully saturated rings. The van der Waals surface area contributed by atoms with Crippen LogP contribution in [-0.4, -0.2) is 59.5 Å². The van der Waals surface area contributed by atoms with E-state index in [1.165, 1.54) is 7.11 Å². The molecule has 2 atom stereocenters. The number of fused-ring (bicyclic) bond motifs is 1. The first kappa shape index (κ1) is 25.1. The van der Waals surface area contributed by atoms with Gasteiger partial charge in [0.2, 0.25) is 0 Å². The van der Waals surface area contributed by atoms with E-state index in [-0.39, 0.29) is 18.2 Å². The van der Waals surface area contributed by atoms with Crippen LogP contribution >= 0.6 is 11.6 Å². The Morgan fingerprint density at radius 3 is 2.92 bits per heavy atom. The van der Waals surface area contributed by atoms with Crippen LogP contribution in [0.3, 0.4) is 0 Å². The zero-order valence-electron chi connectivity index (χ0n) is 21.0. The number of nitrogens with zero attached hydrogens (tertiary/aromatic N) is 2. The monoisotopic (exact) mass is 523 g/mol. The molecule has 0 aliphatic carbocycles. The summed E-state index contributed by atoms with van der Waals surface area (Å²) < 4.78 is 10.9. The summed E-state index contributed by atoms with van der Waals surface area (Å²) in [5.41, 5.74) is 5.05. The quantitative estimate of drug-likeness (QED) is 0.286. The van der Waals surface area contributed by atoms with Gasteiger partial charge in [0.05, 0.1) is 47.7 Å². The third-order valence-corrected chi connectivity index (χ3v) is 6.91.